The number of nitrogens with one attached hydrogen (secondary N) is 1. The molecule has 2 aromatic heterocycles. The van der Waals surface area contributed by atoms with E-state index in [1.165, 1.54) is 11.3 Å². The molecule has 0 saturated heterocycles. The first-order chi connectivity index (χ1) is 20.6. The largest absolute Gasteiger partial charge is 0.454 e. The Morgan fingerprint density at radius 3 is 2.62 bits per heavy atom. The number of carbonyl (C=O) groups is 2. The van der Waals surface area contributed by atoms with Gasteiger partial charge in [0.2, 0.25) is 18.6 Å². The molecular weight excluding hydrogens is 552 g/mol. The summed E-state index contributed by atoms with van der Waals surface area (Å²) >= 11 is 1.49. The molecule has 10 nitrogen and oxygen atoms in total. The quantitative estimate of drug-likeness (QED) is 0.266. The molecule has 7 rings (SSSR count). The highest BCUT2D eigenvalue weighted by molar-refractivity contribution is 7.09. The van der Waals surface area contributed by atoms with Gasteiger partial charge in [-0.05, 0) is 37.1 Å². The Hall–Kier alpha value is -4.77. The summed E-state index contributed by atoms with van der Waals surface area (Å²) in [5, 5.41) is 14.3. The number of hydrogen-bond donors (Lipinski definition) is 1. The molecule has 11 heteroatoms. The summed E-state index contributed by atoms with van der Waals surface area (Å²) in [5.74, 6) is 0.772. The molecular formula is C31H28N6O4S. The molecule has 212 valence electrons. The molecule has 0 atom stereocenters. The zero-order valence-corrected chi connectivity index (χ0v) is 23.5. The lowest BCUT2D eigenvalue weighted by atomic mass is 9.93. The van der Waals surface area contributed by atoms with Crippen LogP contribution < -0.4 is 14.8 Å². The van der Waals surface area contributed by atoms with E-state index in [-0.39, 0.29) is 31.7 Å². The molecule has 42 heavy (non-hydrogen) atoms. The maximum absolute atomic E-state index is 14.2. The Morgan fingerprint density at radius 1 is 0.976 bits per heavy atom. The Kier molecular flexibility index (Phi) is 6.79. The molecule has 0 radical (unpaired) electrons. The van der Waals surface area contributed by atoms with E-state index in [1.54, 1.807) is 27.8 Å². The second-order valence-corrected chi connectivity index (χ2v) is 11.4. The summed E-state index contributed by atoms with van der Waals surface area (Å²) < 4.78 is 12.5. The number of fused-ring (bicyclic) bond motifs is 2. The summed E-state index contributed by atoms with van der Waals surface area (Å²) in [4.78, 5) is 35.0. The fourth-order valence-corrected chi connectivity index (χ4v) is 6.58. The van der Waals surface area contributed by atoms with E-state index >= 15 is 0 Å². The van der Waals surface area contributed by atoms with E-state index in [1.807, 2.05) is 60.0 Å². The van der Waals surface area contributed by atoms with E-state index in [4.69, 9.17) is 14.5 Å². The number of anilines is 1. The molecule has 1 aliphatic heterocycles. The highest BCUT2D eigenvalue weighted by Gasteiger charge is 2.48. The minimum atomic E-state index is -1.05. The predicted octanol–water partition coefficient (Wildman–Crippen LogP) is 5.26. The van der Waals surface area contributed by atoms with Crippen molar-refractivity contribution in [1.29, 1.82) is 0 Å². The molecule has 1 saturated carbocycles. The van der Waals surface area contributed by atoms with Crippen molar-refractivity contribution in [2.24, 2.45) is 0 Å². The number of hydrogen-bond acceptors (Lipinski definition) is 8. The summed E-state index contributed by atoms with van der Waals surface area (Å²) in [6, 6.07) is 22.8. The van der Waals surface area contributed by atoms with E-state index in [0.717, 1.165) is 34.6 Å². The third kappa shape index (κ3) is 4.85. The van der Waals surface area contributed by atoms with Crippen molar-refractivity contribution in [3.8, 4) is 22.8 Å². The first-order valence-electron chi connectivity index (χ1n) is 13.9. The van der Waals surface area contributed by atoms with Crippen molar-refractivity contribution < 1.29 is 19.1 Å². The minimum Gasteiger partial charge on any atom is -0.454 e. The summed E-state index contributed by atoms with van der Waals surface area (Å²) in [7, 11) is 0. The van der Waals surface area contributed by atoms with Crippen LogP contribution in [-0.4, -0.2) is 49.0 Å². The van der Waals surface area contributed by atoms with Gasteiger partial charge < -0.3 is 19.7 Å². The Labute approximate surface area is 245 Å². The molecule has 1 N–H and O–H groups in total. The maximum Gasteiger partial charge on any atom is 0.250 e. The number of benzene rings is 3. The average Bonchev–Trinajstić information content (AvgIpc) is 3.84. The number of aromatic nitrogens is 4. The van der Waals surface area contributed by atoms with Crippen molar-refractivity contribution in [1.82, 2.24) is 24.9 Å². The van der Waals surface area contributed by atoms with Gasteiger partial charge in [0.1, 0.15) is 22.6 Å². The first-order valence-corrected chi connectivity index (χ1v) is 14.8. The number of ether oxygens (including phenoxy) is 2. The fraction of sp³-hybridized carbons (Fsp3) is 0.258. The number of amides is 2. The second kappa shape index (κ2) is 10.9. The number of rotatable bonds is 8. The van der Waals surface area contributed by atoms with Crippen LogP contribution in [0.5, 0.6) is 11.5 Å². The molecule has 2 amide bonds. The van der Waals surface area contributed by atoms with Crippen molar-refractivity contribution in [3.63, 3.8) is 0 Å². The van der Waals surface area contributed by atoms with Gasteiger partial charge in [-0.15, -0.1) is 16.4 Å². The van der Waals surface area contributed by atoms with Gasteiger partial charge in [-0.2, -0.15) is 0 Å². The zero-order chi connectivity index (χ0) is 28.5. The number of para-hydroxylation sites is 1. The molecule has 1 fully saturated rings. The van der Waals surface area contributed by atoms with Gasteiger partial charge in [0.05, 0.1) is 17.8 Å². The number of carbonyl (C=O) groups excluding carboxylic acids is 2. The monoisotopic (exact) mass is 580 g/mol. The van der Waals surface area contributed by atoms with E-state index in [0.29, 0.717) is 35.5 Å². The van der Waals surface area contributed by atoms with Crippen LogP contribution in [0.15, 0.2) is 78.2 Å². The van der Waals surface area contributed by atoms with Crippen LogP contribution in [-0.2, 0) is 22.7 Å². The SMILES string of the molecule is O=C(Cn1nnc2ccccc21)N(Cc1nc(-c2ccccc2)cs1)C1(C(=O)Nc2ccc3c(c2)OCO3)CCCC1. The second-order valence-electron chi connectivity index (χ2n) is 10.5. The van der Waals surface area contributed by atoms with Crippen molar-refractivity contribution >= 4 is 39.9 Å². The van der Waals surface area contributed by atoms with Crippen LogP contribution in [0.3, 0.4) is 0 Å². The fourth-order valence-electron chi connectivity index (χ4n) is 5.79. The third-order valence-electron chi connectivity index (χ3n) is 7.92. The molecule has 2 aliphatic rings. The van der Waals surface area contributed by atoms with Crippen LogP contribution in [0.4, 0.5) is 5.69 Å². The van der Waals surface area contributed by atoms with E-state index < -0.39 is 5.54 Å². The van der Waals surface area contributed by atoms with Crippen molar-refractivity contribution in [3.05, 3.63) is 83.2 Å². The van der Waals surface area contributed by atoms with Gasteiger partial charge >= 0.3 is 0 Å². The van der Waals surface area contributed by atoms with Crippen LogP contribution in [0, 0.1) is 0 Å². The van der Waals surface area contributed by atoms with Gasteiger partial charge in [-0.1, -0.05) is 60.5 Å². The van der Waals surface area contributed by atoms with Gasteiger partial charge in [0, 0.05) is 22.7 Å². The number of thiazole rings is 1. The lowest BCUT2D eigenvalue weighted by Crippen LogP contribution is -2.57. The summed E-state index contributed by atoms with van der Waals surface area (Å²) in [5.41, 5.74) is 2.85. The third-order valence-corrected chi connectivity index (χ3v) is 8.76. The number of nitrogens with zero attached hydrogens (tertiary/aromatic N) is 5. The minimum absolute atomic E-state index is 0.0452. The summed E-state index contributed by atoms with van der Waals surface area (Å²) in [6.07, 6.45) is 2.75. The van der Waals surface area contributed by atoms with Crippen LogP contribution in [0.2, 0.25) is 0 Å². The maximum atomic E-state index is 14.2. The van der Waals surface area contributed by atoms with Crippen molar-refractivity contribution in [2.75, 3.05) is 12.1 Å². The first kappa shape index (κ1) is 26.1. The molecule has 0 unspecified atom stereocenters. The van der Waals surface area contributed by atoms with Crippen LogP contribution in [0.1, 0.15) is 30.7 Å². The molecule has 0 spiro atoms. The summed E-state index contributed by atoms with van der Waals surface area (Å²) in [6.45, 7) is 0.308. The topological polar surface area (TPSA) is 111 Å². The zero-order valence-electron chi connectivity index (χ0n) is 22.7. The molecule has 0 bridgehead atoms. The average molecular weight is 581 g/mol. The molecule has 1 aliphatic carbocycles. The van der Waals surface area contributed by atoms with Gasteiger partial charge in [-0.25, -0.2) is 9.67 Å². The normalized spacial score (nSPS) is 15.1. The van der Waals surface area contributed by atoms with Gasteiger partial charge in [0.25, 0.3) is 0 Å². The lowest BCUT2D eigenvalue weighted by Gasteiger charge is -2.39. The van der Waals surface area contributed by atoms with E-state index in [2.05, 4.69) is 15.6 Å². The Morgan fingerprint density at radius 2 is 1.76 bits per heavy atom. The smallest absolute Gasteiger partial charge is 0.250 e. The Bertz CT molecular complexity index is 1760. The predicted molar refractivity (Wildman–Crippen MR) is 158 cm³/mol. The van der Waals surface area contributed by atoms with Crippen molar-refractivity contribution in [2.45, 2.75) is 44.3 Å². The molecule has 5 aromatic rings. The van der Waals surface area contributed by atoms with Gasteiger partial charge in [-0.3, -0.25) is 9.59 Å². The van der Waals surface area contributed by atoms with Crippen LogP contribution >= 0.6 is 11.3 Å². The van der Waals surface area contributed by atoms with Gasteiger partial charge in [0.15, 0.2) is 11.5 Å². The standard InChI is InChI=1S/C31H28N6O4S/c38-29(18-37-25-11-5-4-10-23(25)34-35-37)36(17-28-33-24(19-42-28)21-8-2-1-3-9-21)31(14-6-7-15-31)30(39)32-22-12-13-26-27(16-22)41-20-40-26/h1-5,8-13,16,19H,6-7,14-15,17-18,20H2,(H,32,39). The van der Waals surface area contributed by atoms with Crippen LogP contribution in [0.25, 0.3) is 22.3 Å². The van der Waals surface area contributed by atoms with E-state index in [9.17, 15) is 9.59 Å². The molecule has 3 aromatic carbocycles. The Balaban J connectivity index is 1.22. The molecule has 3 heterocycles. The lowest BCUT2D eigenvalue weighted by molar-refractivity contribution is -0.147. The highest BCUT2D eigenvalue weighted by Crippen LogP contribution is 2.40. The highest BCUT2D eigenvalue weighted by atomic mass is 32.1.